The summed E-state index contributed by atoms with van der Waals surface area (Å²) in [6.07, 6.45) is 3.14. The van der Waals surface area contributed by atoms with E-state index in [0.29, 0.717) is 5.02 Å². The lowest BCUT2D eigenvalue weighted by Gasteiger charge is -2.16. The molecule has 0 aromatic heterocycles. The van der Waals surface area contributed by atoms with Gasteiger partial charge in [-0.25, -0.2) is 14.7 Å². The van der Waals surface area contributed by atoms with Crippen LogP contribution in [0.25, 0.3) is 0 Å². The fourth-order valence-electron chi connectivity index (χ4n) is 2.61. The van der Waals surface area contributed by atoms with Crippen LogP contribution in [0.4, 0.5) is 10.5 Å². The van der Waals surface area contributed by atoms with Crippen LogP contribution >= 0.6 is 23.2 Å². The minimum atomic E-state index is -0.882. The second-order valence-corrected chi connectivity index (χ2v) is 7.81. The van der Waals surface area contributed by atoms with E-state index in [1.165, 1.54) is 18.2 Å². The molecular formula is C20H25Cl2N5O4. The maximum Gasteiger partial charge on any atom is 0.414 e. The second kappa shape index (κ2) is 11.7. The maximum atomic E-state index is 12.4. The first kappa shape index (κ1) is 24.6. The highest BCUT2D eigenvalue weighted by Crippen LogP contribution is 2.28. The average molecular weight is 470 g/mol. The van der Waals surface area contributed by atoms with Crippen molar-refractivity contribution in [1.82, 2.24) is 10.6 Å². The van der Waals surface area contributed by atoms with Crippen molar-refractivity contribution in [2.75, 3.05) is 11.5 Å². The van der Waals surface area contributed by atoms with E-state index >= 15 is 0 Å². The summed E-state index contributed by atoms with van der Waals surface area (Å²) in [5, 5.41) is 5.31. The van der Waals surface area contributed by atoms with Crippen LogP contribution in [0, 0.1) is 0 Å². The molecule has 0 aliphatic carbocycles. The van der Waals surface area contributed by atoms with Gasteiger partial charge in [0.2, 0.25) is 11.9 Å². The molecule has 1 fully saturated rings. The van der Waals surface area contributed by atoms with Gasteiger partial charge >= 0.3 is 17.9 Å². The zero-order chi connectivity index (χ0) is 23.0. The van der Waals surface area contributed by atoms with Gasteiger partial charge in [0, 0.05) is 6.04 Å². The quantitative estimate of drug-likeness (QED) is 0.273. The maximum absolute atomic E-state index is 12.4. The molecule has 1 aliphatic heterocycles. The summed E-state index contributed by atoms with van der Waals surface area (Å²) in [5.74, 6) is -1.98. The Bertz CT molecular complexity index is 902. The number of hydrogen-bond donors (Lipinski definition) is 2. The van der Waals surface area contributed by atoms with Crippen LogP contribution in [0.5, 0.6) is 0 Å². The first-order valence-electron chi connectivity index (χ1n) is 9.93. The summed E-state index contributed by atoms with van der Waals surface area (Å²) in [6, 6.07) is 4.20. The van der Waals surface area contributed by atoms with Crippen molar-refractivity contribution >= 4 is 58.7 Å². The van der Waals surface area contributed by atoms with Gasteiger partial charge in [-0.3, -0.25) is 20.2 Å². The Morgan fingerprint density at radius 1 is 1.19 bits per heavy atom. The molecule has 0 unspecified atom stereocenters. The van der Waals surface area contributed by atoms with Crippen LogP contribution in [0.2, 0.25) is 10.0 Å². The molecular weight excluding hydrogens is 445 g/mol. The van der Waals surface area contributed by atoms with Gasteiger partial charge in [0.15, 0.2) is 0 Å². The number of hydrogen-bond acceptors (Lipinski definition) is 5. The molecule has 11 heteroatoms. The van der Waals surface area contributed by atoms with Crippen molar-refractivity contribution in [3.05, 3.63) is 28.2 Å². The van der Waals surface area contributed by atoms with Crippen LogP contribution in [-0.4, -0.2) is 42.5 Å². The number of nitrogens with one attached hydrogen (secondary N) is 2. The standard InChI is InChI=1S/C20H25Cl2N5O4/c1-4-5-6-7-10-31-20(30)26-18(23-12(2)3)25-19-24-16(28)17(29)27(19)13-8-9-14(21)15(22)11-13/h8-9,11-12H,4-7,10H2,1-3H3,(H2,23,24,25,26,28,30). The number of carbonyl (C=O) groups is 3. The molecule has 3 amide bonds. The zero-order valence-corrected chi connectivity index (χ0v) is 19.1. The Morgan fingerprint density at radius 3 is 2.58 bits per heavy atom. The van der Waals surface area contributed by atoms with E-state index in [1.807, 2.05) is 0 Å². The Hall–Kier alpha value is -2.65. The van der Waals surface area contributed by atoms with Crippen molar-refractivity contribution in [2.45, 2.75) is 52.5 Å². The molecule has 1 heterocycles. The molecule has 1 saturated heterocycles. The molecule has 0 saturated carbocycles. The monoisotopic (exact) mass is 469 g/mol. The number of guanidine groups is 2. The number of unbranched alkanes of at least 4 members (excludes halogenated alkanes) is 3. The van der Waals surface area contributed by atoms with Gasteiger partial charge < -0.3 is 4.74 Å². The number of nitrogens with zero attached hydrogens (tertiary/aromatic N) is 3. The molecule has 0 atom stereocenters. The predicted molar refractivity (Wildman–Crippen MR) is 121 cm³/mol. The average Bonchev–Trinajstić information content (AvgIpc) is 2.96. The Kier molecular flexibility index (Phi) is 9.26. The summed E-state index contributed by atoms with van der Waals surface area (Å²) in [7, 11) is 0. The first-order valence-corrected chi connectivity index (χ1v) is 10.7. The van der Waals surface area contributed by atoms with E-state index in [1.54, 1.807) is 13.8 Å². The minimum absolute atomic E-state index is 0.108. The summed E-state index contributed by atoms with van der Waals surface area (Å²) in [5.41, 5.74) is 0.277. The lowest BCUT2D eigenvalue weighted by Crippen LogP contribution is -2.37. The van der Waals surface area contributed by atoms with Gasteiger partial charge in [0.05, 0.1) is 22.3 Å². The third-order valence-corrected chi connectivity index (χ3v) is 4.77. The smallest absolute Gasteiger partial charge is 0.414 e. The SMILES string of the molecule is CCCCCCOC(=O)NC(=NC(C)C)N=C1NC(=O)C(=O)N1c1ccc(Cl)c(Cl)c1. The van der Waals surface area contributed by atoms with E-state index in [9.17, 15) is 14.4 Å². The van der Waals surface area contributed by atoms with Crippen LogP contribution in [0.1, 0.15) is 46.5 Å². The van der Waals surface area contributed by atoms with Gasteiger partial charge in [0.25, 0.3) is 0 Å². The number of rotatable bonds is 7. The number of anilines is 1. The van der Waals surface area contributed by atoms with E-state index in [4.69, 9.17) is 27.9 Å². The second-order valence-electron chi connectivity index (χ2n) is 7.00. The van der Waals surface area contributed by atoms with Gasteiger partial charge in [-0.05, 0) is 38.5 Å². The predicted octanol–water partition coefficient (Wildman–Crippen LogP) is 3.88. The number of ether oxygens (including phenoxy) is 1. The summed E-state index contributed by atoms with van der Waals surface area (Å²) in [4.78, 5) is 45.9. The molecule has 31 heavy (non-hydrogen) atoms. The normalized spacial score (nSPS) is 15.6. The lowest BCUT2D eigenvalue weighted by atomic mass is 10.2. The van der Waals surface area contributed by atoms with E-state index in [2.05, 4.69) is 27.5 Å². The number of aliphatic imine (C=N–C) groups is 2. The highest BCUT2D eigenvalue weighted by atomic mass is 35.5. The Balaban J connectivity index is 2.22. The first-order chi connectivity index (χ1) is 14.7. The fraction of sp³-hybridized carbons (Fsp3) is 0.450. The van der Waals surface area contributed by atoms with Gasteiger partial charge in [-0.1, -0.05) is 49.4 Å². The third-order valence-electron chi connectivity index (χ3n) is 4.03. The molecule has 0 spiro atoms. The Labute approximate surface area is 190 Å². The van der Waals surface area contributed by atoms with Gasteiger partial charge in [-0.2, -0.15) is 4.99 Å². The number of benzene rings is 1. The highest BCUT2D eigenvalue weighted by molar-refractivity contribution is 6.54. The molecule has 1 aromatic rings. The van der Waals surface area contributed by atoms with Crippen LogP contribution in [0.15, 0.2) is 28.2 Å². The molecule has 0 bridgehead atoms. The summed E-state index contributed by atoms with van der Waals surface area (Å²) in [6.45, 7) is 5.93. The third kappa shape index (κ3) is 7.22. The number of amides is 3. The minimum Gasteiger partial charge on any atom is -0.449 e. The molecule has 168 valence electrons. The van der Waals surface area contributed by atoms with Crippen molar-refractivity contribution in [3.8, 4) is 0 Å². The van der Waals surface area contributed by atoms with Gasteiger partial charge in [-0.15, -0.1) is 0 Å². The van der Waals surface area contributed by atoms with Crippen molar-refractivity contribution in [2.24, 2.45) is 9.98 Å². The van der Waals surface area contributed by atoms with E-state index < -0.39 is 17.9 Å². The van der Waals surface area contributed by atoms with Crippen molar-refractivity contribution in [3.63, 3.8) is 0 Å². The van der Waals surface area contributed by atoms with E-state index in [-0.39, 0.29) is 35.3 Å². The summed E-state index contributed by atoms with van der Waals surface area (Å²) < 4.78 is 5.15. The molecule has 9 nitrogen and oxygen atoms in total. The Morgan fingerprint density at radius 2 is 1.94 bits per heavy atom. The largest absolute Gasteiger partial charge is 0.449 e. The molecule has 1 aromatic carbocycles. The van der Waals surface area contributed by atoms with Crippen LogP contribution < -0.4 is 15.5 Å². The van der Waals surface area contributed by atoms with Crippen molar-refractivity contribution in [1.29, 1.82) is 0 Å². The summed E-state index contributed by atoms with van der Waals surface area (Å²) >= 11 is 12.0. The molecule has 1 aliphatic rings. The number of halogens is 2. The molecule has 2 N–H and O–H groups in total. The lowest BCUT2D eigenvalue weighted by molar-refractivity contribution is -0.134. The molecule has 2 rings (SSSR count). The number of alkyl carbamates (subject to hydrolysis) is 1. The molecule has 0 radical (unpaired) electrons. The van der Waals surface area contributed by atoms with Crippen molar-refractivity contribution < 1.29 is 19.1 Å². The highest BCUT2D eigenvalue weighted by Gasteiger charge is 2.37. The van der Waals surface area contributed by atoms with Crippen LogP contribution in [-0.2, 0) is 14.3 Å². The van der Waals surface area contributed by atoms with Crippen LogP contribution in [0.3, 0.4) is 0 Å². The fourth-order valence-corrected chi connectivity index (χ4v) is 2.90. The number of carbonyl (C=O) groups excluding carboxylic acids is 3. The topological polar surface area (TPSA) is 112 Å². The van der Waals surface area contributed by atoms with E-state index in [0.717, 1.165) is 30.6 Å². The zero-order valence-electron chi connectivity index (χ0n) is 17.6. The van der Waals surface area contributed by atoms with Gasteiger partial charge in [0.1, 0.15) is 0 Å².